The molecule has 0 aromatic heterocycles. The van der Waals surface area contributed by atoms with Gasteiger partial charge in [0, 0.05) is 19.1 Å². The smallest absolute Gasteiger partial charge is 0.248 e. The fourth-order valence-corrected chi connectivity index (χ4v) is 2.53. The van der Waals surface area contributed by atoms with Crippen molar-refractivity contribution < 1.29 is 9.53 Å². The SMILES string of the molecule is NC1CCCC1CCN1CCOCC1=O. The van der Waals surface area contributed by atoms with E-state index in [9.17, 15) is 4.79 Å². The number of carbonyl (C=O) groups is 1. The van der Waals surface area contributed by atoms with E-state index >= 15 is 0 Å². The summed E-state index contributed by atoms with van der Waals surface area (Å²) >= 11 is 0. The van der Waals surface area contributed by atoms with Gasteiger partial charge in [-0.3, -0.25) is 4.79 Å². The second-order valence-corrected chi connectivity index (χ2v) is 4.58. The standard InChI is InChI=1S/C11H20N2O2/c12-10-3-1-2-9(10)4-5-13-6-7-15-8-11(13)14/h9-10H,1-8,12H2. The van der Waals surface area contributed by atoms with Crippen LogP contribution in [0.5, 0.6) is 0 Å². The Bertz CT molecular complexity index is 233. The molecule has 1 saturated heterocycles. The van der Waals surface area contributed by atoms with Crippen LogP contribution >= 0.6 is 0 Å². The molecule has 0 spiro atoms. The zero-order chi connectivity index (χ0) is 10.7. The molecule has 0 bridgehead atoms. The van der Waals surface area contributed by atoms with Gasteiger partial charge in [-0.25, -0.2) is 0 Å². The molecular formula is C11H20N2O2. The predicted molar refractivity (Wildman–Crippen MR) is 57.3 cm³/mol. The van der Waals surface area contributed by atoms with Crippen LogP contribution in [0.4, 0.5) is 0 Å². The second kappa shape index (κ2) is 4.94. The molecule has 2 fully saturated rings. The van der Waals surface area contributed by atoms with Gasteiger partial charge in [0.25, 0.3) is 0 Å². The Balaban J connectivity index is 1.74. The van der Waals surface area contributed by atoms with Gasteiger partial charge in [0.15, 0.2) is 0 Å². The first-order valence-electron chi connectivity index (χ1n) is 5.88. The number of morpholine rings is 1. The Kier molecular flexibility index (Phi) is 3.59. The van der Waals surface area contributed by atoms with Crippen LogP contribution in [0.1, 0.15) is 25.7 Å². The molecule has 0 aromatic carbocycles. The van der Waals surface area contributed by atoms with Gasteiger partial charge >= 0.3 is 0 Å². The van der Waals surface area contributed by atoms with Crippen LogP contribution < -0.4 is 5.73 Å². The van der Waals surface area contributed by atoms with E-state index in [0.29, 0.717) is 18.6 Å². The molecule has 0 radical (unpaired) electrons. The maximum atomic E-state index is 11.5. The number of rotatable bonds is 3. The van der Waals surface area contributed by atoms with Crippen LogP contribution in [0, 0.1) is 5.92 Å². The van der Waals surface area contributed by atoms with Gasteiger partial charge in [-0.15, -0.1) is 0 Å². The van der Waals surface area contributed by atoms with Crippen molar-refractivity contribution in [3.63, 3.8) is 0 Å². The lowest BCUT2D eigenvalue weighted by Gasteiger charge is -2.28. The number of nitrogens with two attached hydrogens (primary N) is 1. The minimum atomic E-state index is 0.132. The lowest BCUT2D eigenvalue weighted by atomic mass is 10.00. The number of ether oxygens (including phenoxy) is 1. The monoisotopic (exact) mass is 212 g/mol. The third-order valence-electron chi connectivity index (χ3n) is 3.57. The maximum Gasteiger partial charge on any atom is 0.248 e. The number of nitrogens with zero attached hydrogens (tertiary/aromatic N) is 1. The van der Waals surface area contributed by atoms with Crippen molar-refractivity contribution in [2.45, 2.75) is 31.7 Å². The minimum Gasteiger partial charge on any atom is -0.370 e. The van der Waals surface area contributed by atoms with Crippen LogP contribution in [-0.2, 0) is 9.53 Å². The largest absolute Gasteiger partial charge is 0.370 e. The molecule has 1 heterocycles. The topological polar surface area (TPSA) is 55.6 Å². The van der Waals surface area contributed by atoms with Crippen LogP contribution in [0.25, 0.3) is 0 Å². The molecule has 15 heavy (non-hydrogen) atoms. The summed E-state index contributed by atoms with van der Waals surface area (Å²) in [5.74, 6) is 0.758. The van der Waals surface area contributed by atoms with Gasteiger partial charge in [0.2, 0.25) is 5.91 Å². The predicted octanol–water partition coefficient (Wildman–Crippen LogP) is 0.363. The molecule has 1 aliphatic carbocycles. The van der Waals surface area contributed by atoms with Crippen molar-refractivity contribution >= 4 is 5.91 Å². The lowest BCUT2D eigenvalue weighted by molar-refractivity contribution is -0.142. The second-order valence-electron chi connectivity index (χ2n) is 4.58. The zero-order valence-corrected chi connectivity index (χ0v) is 9.15. The third kappa shape index (κ3) is 2.69. The van der Waals surface area contributed by atoms with Gasteiger partial charge in [-0.2, -0.15) is 0 Å². The molecule has 2 aliphatic rings. The van der Waals surface area contributed by atoms with E-state index in [4.69, 9.17) is 10.5 Å². The first-order chi connectivity index (χ1) is 7.27. The highest BCUT2D eigenvalue weighted by molar-refractivity contribution is 5.77. The van der Waals surface area contributed by atoms with E-state index in [1.807, 2.05) is 4.90 Å². The molecule has 4 nitrogen and oxygen atoms in total. The molecule has 2 atom stereocenters. The van der Waals surface area contributed by atoms with E-state index in [-0.39, 0.29) is 12.5 Å². The van der Waals surface area contributed by atoms with E-state index < -0.39 is 0 Å². The van der Waals surface area contributed by atoms with Gasteiger partial charge in [-0.05, 0) is 25.2 Å². The summed E-state index contributed by atoms with van der Waals surface area (Å²) < 4.78 is 5.09. The Morgan fingerprint density at radius 3 is 3.00 bits per heavy atom. The Labute approximate surface area is 90.8 Å². The highest BCUT2D eigenvalue weighted by atomic mass is 16.5. The summed E-state index contributed by atoms with van der Waals surface area (Å²) in [4.78, 5) is 13.4. The molecule has 1 saturated carbocycles. The van der Waals surface area contributed by atoms with Gasteiger partial charge in [0.1, 0.15) is 6.61 Å². The number of carbonyl (C=O) groups excluding carboxylic acids is 1. The van der Waals surface area contributed by atoms with Crippen molar-refractivity contribution in [2.75, 3.05) is 26.3 Å². The van der Waals surface area contributed by atoms with E-state index in [1.165, 1.54) is 12.8 Å². The van der Waals surface area contributed by atoms with Crippen LogP contribution in [0.15, 0.2) is 0 Å². The average molecular weight is 212 g/mol. The molecule has 4 heteroatoms. The summed E-state index contributed by atoms with van der Waals surface area (Å²) in [6.45, 7) is 2.56. The van der Waals surface area contributed by atoms with E-state index in [0.717, 1.165) is 25.9 Å². The van der Waals surface area contributed by atoms with Crippen molar-refractivity contribution in [3.05, 3.63) is 0 Å². The molecule has 2 N–H and O–H groups in total. The number of hydrogen-bond acceptors (Lipinski definition) is 3. The maximum absolute atomic E-state index is 11.5. The van der Waals surface area contributed by atoms with Gasteiger partial charge < -0.3 is 15.4 Å². The van der Waals surface area contributed by atoms with Crippen molar-refractivity contribution in [3.8, 4) is 0 Å². The normalized spacial score (nSPS) is 32.3. The highest BCUT2D eigenvalue weighted by Gasteiger charge is 2.25. The van der Waals surface area contributed by atoms with Crippen molar-refractivity contribution in [2.24, 2.45) is 11.7 Å². The summed E-state index contributed by atoms with van der Waals surface area (Å²) in [5.41, 5.74) is 6.00. The Hall–Kier alpha value is -0.610. The molecule has 1 amide bonds. The molecule has 1 aliphatic heterocycles. The van der Waals surface area contributed by atoms with Crippen LogP contribution in [0.2, 0.25) is 0 Å². The first-order valence-corrected chi connectivity index (χ1v) is 5.88. The van der Waals surface area contributed by atoms with Crippen LogP contribution in [0.3, 0.4) is 0 Å². The Morgan fingerprint density at radius 2 is 2.33 bits per heavy atom. The molecule has 2 rings (SSSR count). The van der Waals surface area contributed by atoms with Crippen molar-refractivity contribution in [1.29, 1.82) is 0 Å². The molecular weight excluding hydrogens is 192 g/mol. The summed E-state index contributed by atoms with van der Waals surface area (Å²) in [7, 11) is 0. The van der Waals surface area contributed by atoms with Gasteiger partial charge in [0.05, 0.1) is 6.61 Å². The number of amides is 1. The van der Waals surface area contributed by atoms with Crippen molar-refractivity contribution in [1.82, 2.24) is 4.90 Å². The first kappa shape index (κ1) is 10.9. The van der Waals surface area contributed by atoms with E-state index in [2.05, 4.69) is 0 Å². The quantitative estimate of drug-likeness (QED) is 0.735. The fraction of sp³-hybridized carbons (Fsp3) is 0.909. The highest BCUT2D eigenvalue weighted by Crippen LogP contribution is 2.26. The lowest BCUT2D eigenvalue weighted by Crippen LogP contribution is -2.43. The van der Waals surface area contributed by atoms with E-state index in [1.54, 1.807) is 0 Å². The number of hydrogen-bond donors (Lipinski definition) is 1. The summed E-state index contributed by atoms with van der Waals surface area (Å²) in [6.07, 6.45) is 4.71. The molecule has 0 aromatic rings. The average Bonchev–Trinajstić information content (AvgIpc) is 2.63. The minimum absolute atomic E-state index is 0.132. The summed E-state index contributed by atoms with van der Waals surface area (Å²) in [6, 6.07) is 0.362. The fourth-order valence-electron chi connectivity index (χ4n) is 2.53. The molecule has 86 valence electrons. The summed E-state index contributed by atoms with van der Waals surface area (Å²) in [5, 5.41) is 0. The Morgan fingerprint density at radius 1 is 1.47 bits per heavy atom. The van der Waals surface area contributed by atoms with Crippen LogP contribution in [-0.4, -0.2) is 43.2 Å². The molecule has 2 unspecified atom stereocenters. The zero-order valence-electron chi connectivity index (χ0n) is 9.15. The van der Waals surface area contributed by atoms with Gasteiger partial charge in [-0.1, -0.05) is 6.42 Å². The third-order valence-corrected chi connectivity index (χ3v) is 3.57.